The number of hydrogen-bond acceptors (Lipinski definition) is 2. The molecule has 0 saturated heterocycles. The summed E-state index contributed by atoms with van der Waals surface area (Å²) in [7, 11) is 1.59. The largest absolute Gasteiger partial charge is 0.495 e. The van der Waals surface area contributed by atoms with Crippen LogP contribution in [0, 0.1) is 0 Å². The van der Waals surface area contributed by atoms with E-state index in [0.717, 1.165) is 18.4 Å². The van der Waals surface area contributed by atoms with Crippen molar-refractivity contribution in [1.82, 2.24) is 0 Å². The number of halogens is 1. The molecule has 0 saturated carbocycles. The lowest BCUT2D eigenvalue weighted by Crippen LogP contribution is -2.06. The molecule has 0 unspecified atom stereocenters. The van der Waals surface area contributed by atoms with Crippen molar-refractivity contribution in [2.75, 3.05) is 7.11 Å². The van der Waals surface area contributed by atoms with E-state index in [1.165, 1.54) is 24.0 Å². The van der Waals surface area contributed by atoms with Gasteiger partial charge in [-0.1, -0.05) is 11.6 Å². The standard InChI is InChI=1S/C12H15ClO2/c1-15-12-9(7-14)6-8-4-2-3-5-10(8)11(12)13/h6,14H,2-5,7H2,1H3. The molecule has 0 heterocycles. The molecule has 2 nitrogen and oxygen atoms in total. The van der Waals surface area contributed by atoms with Gasteiger partial charge in [-0.05, 0) is 42.9 Å². The molecule has 0 radical (unpaired) electrons. The molecule has 0 atom stereocenters. The van der Waals surface area contributed by atoms with Crippen molar-refractivity contribution in [3.63, 3.8) is 0 Å². The average molecular weight is 227 g/mol. The van der Waals surface area contributed by atoms with Crippen LogP contribution < -0.4 is 4.74 Å². The predicted molar refractivity (Wildman–Crippen MR) is 60.6 cm³/mol. The third kappa shape index (κ3) is 1.84. The van der Waals surface area contributed by atoms with Crippen LogP contribution in [0.1, 0.15) is 29.5 Å². The monoisotopic (exact) mass is 226 g/mol. The second-order valence-corrected chi connectivity index (χ2v) is 4.26. The number of methoxy groups -OCH3 is 1. The Morgan fingerprint density at radius 2 is 2.13 bits per heavy atom. The second kappa shape index (κ2) is 4.42. The van der Waals surface area contributed by atoms with E-state index < -0.39 is 0 Å². The van der Waals surface area contributed by atoms with Gasteiger partial charge in [-0.2, -0.15) is 0 Å². The van der Waals surface area contributed by atoms with Gasteiger partial charge in [0.2, 0.25) is 0 Å². The number of aryl methyl sites for hydroxylation is 1. The maximum absolute atomic E-state index is 9.24. The first kappa shape index (κ1) is 10.8. The second-order valence-electron chi connectivity index (χ2n) is 3.89. The summed E-state index contributed by atoms with van der Waals surface area (Å²) < 4.78 is 5.24. The fourth-order valence-corrected chi connectivity index (χ4v) is 2.65. The van der Waals surface area contributed by atoms with Crippen LogP contribution in [0.3, 0.4) is 0 Å². The minimum absolute atomic E-state index is 0.0177. The van der Waals surface area contributed by atoms with E-state index in [9.17, 15) is 5.11 Å². The molecule has 1 aromatic rings. The fourth-order valence-electron chi connectivity index (χ4n) is 2.23. The average Bonchev–Trinajstić information content (AvgIpc) is 2.29. The highest BCUT2D eigenvalue weighted by molar-refractivity contribution is 6.33. The predicted octanol–water partition coefficient (Wildman–Crippen LogP) is 2.72. The minimum Gasteiger partial charge on any atom is -0.495 e. The van der Waals surface area contributed by atoms with Crippen molar-refractivity contribution >= 4 is 11.6 Å². The van der Waals surface area contributed by atoms with Gasteiger partial charge in [-0.3, -0.25) is 0 Å². The lowest BCUT2D eigenvalue weighted by Gasteiger charge is -2.20. The van der Waals surface area contributed by atoms with Gasteiger partial charge >= 0.3 is 0 Å². The van der Waals surface area contributed by atoms with Crippen LogP contribution >= 0.6 is 11.6 Å². The number of hydrogen-bond donors (Lipinski definition) is 1. The van der Waals surface area contributed by atoms with Gasteiger partial charge in [0.1, 0.15) is 5.75 Å². The van der Waals surface area contributed by atoms with E-state index in [0.29, 0.717) is 10.8 Å². The summed E-state index contributed by atoms with van der Waals surface area (Å²) in [5.74, 6) is 0.639. The van der Waals surface area contributed by atoms with Crippen molar-refractivity contribution in [3.8, 4) is 5.75 Å². The quantitative estimate of drug-likeness (QED) is 0.840. The Balaban J connectivity index is 2.57. The summed E-state index contributed by atoms with van der Waals surface area (Å²) in [4.78, 5) is 0. The van der Waals surface area contributed by atoms with Crippen molar-refractivity contribution in [1.29, 1.82) is 0 Å². The van der Waals surface area contributed by atoms with E-state index in [1.54, 1.807) is 7.11 Å². The van der Waals surface area contributed by atoms with Crippen LogP contribution in [0.15, 0.2) is 6.07 Å². The summed E-state index contributed by atoms with van der Waals surface area (Å²) >= 11 is 6.27. The van der Waals surface area contributed by atoms with E-state index in [4.69, 9.17) is 16.3 Å². The summed E-state index contributed by atoms with van der Waals surface area (Å²) in [5.41, 5.74) is 3.27. The summed E-state index contributed by atoms with van der Waals surface area (Å²) in [6, 6.07) is 2.03. The SMILES string of the molecule is COc1c(CO)cc2c(c1Cl)CCCC2. The Bertz CT molecular complexity index is 360. The molecule has 1 aromatic carbocycles. The van der Waals surface area contributed by atoms with Gasteiger partial charge in [0, 0.05) is 5.56 Å². The van der Waals surface area contributed by atoms with E-state index >= 15 is 0 Å². The molecule has 0 bridgehead atoms. The van der Waals surface area contributed by atoms with Gasteiger partial charge in [0.15, 0.2) is 0 Å². The molecule has 1 aliphatic carbocycles. The number of benzene rings is 1. The van der Waals surface area contributed by atoms with E-state index in [1.807, 2.05) is 6.07 Å². The van der Waals surface area contributed by atoms with Crippen molar-refractivity contribution in [2.24, 2.45) is 0 Å². The molecule has 0 fully saturated rings. The first-order chi connectivity index (χ1) is 7.27. The molecule has 0 amide bonds. The van der Waals surface area contributed by atoms with Crippen LogP contribution in [0.25, 0.3) is 0 Å². The third-order valence-electron chi connectivity index (χ3n) is 2.99. The minimum atomic E-state index is -0.0177. The summed E-state index contributed by atoms with van der Waals surface area (Å²) in [6.07, 6.45) is 4.48. The molecule has 1 aliphatic rings. The Morgan fingerprint density at radius 3 is 2.80 bits per heavy atom. The van der Waals surface area contributed by atoms with Crippen molar-refractivity contribution in [3.05, 3.63) is 27.8 Å². The first-order valence-corrected chi connectivity index (χ1v) is 5.63. The Labute approximate surface area is 94.8 Å². The van der Waals surface area contributed by atoms with Crippen LogP contribution in [0.2, 0.25) is 5.02 Å². The Kier molecular flexibility index (Phi) is 3.17. The zero-order valence-corrected chi connectivity index (χ0v) is 9.60. The number of aliphatic hydroxyl groups is 1. The maximum Gasteiger partial charge on any atom is 0.143 e. The zero-order chi connectivity index (χ0) is 10.8. The molecule has 0 aromatic heterocycles. The van der Waals surface area contributed by atoms with Crippen LogP contribution in [0.4, 0.5) is 0 Å². The molecule has 1 N–H and O–H groups in total. The molecule has 82 valence electrons. The Morgan fingerprint density at radius 1 is 1.40 bits per heavy atom. The van der Waals surface area contributed by atoms with E-state index in [2.05, 4.69) is 0 Å². The Hall–Kier alpha value is -0.730. The smallest absolute Gasteiger partial charge is 0.143 e. The summed E-state index contributed by atoms with van der Waals surface area (Å²) in [5, 5.41) is 9.93. The molecular formula is C12H15ClO2. The summed E-state index contributed by atoms with van der Waals surface area (Å²) in [6.45, 7) is -0.0177. The normalized spacial score (nSPS) is 14.9. The highest BCUT2D eigenvalue weighted by Crippen LogP contribution is 2.37. The molecule has 3 heteroatoms. The van der Waals surface area contributed by atoms with Crippen LogP contribution in [-0.4, -0.2) is 12.2 Å². The fraction of sp³-hybridized carbons (Fsp3) is 0.500. The number of ether oxygens (including phenoxy) is 1. The maximum atomic E-state index is 9.24. The number of aliphatic hydroxyl groups excluding tert-OH is 1. The lowest BCUT2D eigenvalue weighted by molar-refractivity contribution is 0.273. The molecule has 2 rings (SSSR count). The van der Waals surface area contributed by atoms with Gasteiger partial charge in [-0.15, -0.1) is 0 Å². The molecule has 0 spiro atoms. The van der Waals surface area contributed by atoms with Crippen molar-refractivity contribution in [2.45, 2.75) is 32.3 Å². The van der Waals surface area contributed by atoms with Gasteiger partial charge in [-0.25, -0.2) is 0 Å². The van der Waals surface area contributed by atoms with Gasteiger partial charge < -0.3 is 9.84 Å². The first-order valence-electron chi connectivity index (χ1n) is 5.26. The lowest BCUT2D eigenvalue weighted by atomic mass is 9.90. The third-order valence-corrected chi connectivity index (χ3v) is 3.39. The number of rotatable bonds is 2. The molecule has 15 heavy (non-hydrogen) atoms. The van der Waals surface area contributed by atoms with Crippen LogP contribution in [-0.2, 0) is 19.4 Å². The van der Waals surface area contributed by atoms with Crippen LogP contribution in [0.5, 0.6) is 5.75 Å². The molecular weight excluding hydrogens is 212 g/mol. The van der Waals surface area contributed by atoms with E-state index in [-0.39, 0.29) is 6.61 Å². The zero-order valence-electron chi connectivity index (χ0n) is 8.85. The van der Waals surface area contributed by atoms with Crippen molar-refractivity contribution < 1.29 is 9.84 Å². The topological polar surface area (TPSA) is 29.5 Å². The highest BCUT2D eigenvalue weighted by atomic mass is 35.5. The highest BCUT2D eigenvalue weighted by Gasteiger charge is 2.19. The molecule has 0 aliphatic heterocycles. The van der Waals surface area contributed by atoms with Gasteiger partial charge in [0.05, 0.1) is 18.7 Å². The van der Waals surface area contributed by atoms with Gasteiger partial charge in [0.25, 0.3) is 0 Å². The number of fused-ring (bicyclic) bond motifs is 1.